The molecule has 1 unspecified atom stereocenters. The molecule has 1 atom stereocenters. The van der Waals surface area contributed by atoms with Gasteiger partial charge in [0, 0.05) is 17.1 Å². The molecule has 1 fully saturated rings. The number of carbonyl (C=O) groups is 1. The number of hydrogen-bond donors (Lipinski definition) is 0. The van der Waals surface area contributed by atoms with Crippen molar-refractivity contribution in [1.82, 2.24) is 30.0 Å². The van der Waals surface area contributed by atoms with E-state index in [1.165, 1.54) is 23.4 Å². The average Bonchev–Trinajstić information content (AvgIpc) is 3.60. The molecule has 1 amide bonds. The molecular formula is C23H18ClF3N6O3. The van der Waals surface area contributed by atoms with E-state index in [9.17, 15) is 18.0 Å². The summed E-state index contributed by atoms with van der Waals surface area (Å²) in [6.07, 6.45) is -0.954. The standard InChI is InChI=1S/C23H18ClF3N6O3/c1-13-15(4-2-5-17(13)24)20-30-21(36-31-20)19-6-3-11-32(19)22(34)16-12-14(35-23(25,26)27)7-8-18(16)33-28-9-10-29-33/h2,4-5,7-10,12,19H,3,6,11H2,1H3. The molecule has 13 heteroatoms. The number of ether oxygens (including phenoxy) is 1. The minimum Gasteiger partial charge on any atom is -0.406 e. The zero-order valence-electron chi connectivity index (χ0n) is 18.7. The van der Waals surface area contributed by atoms with E-state index in [2.05, 4.69) is 25.1 Å². The lowest BCUT2D eigenvalue weighted by Crippen LogP contribution is -2.32. The second-order valence-electron chi connectivity index (χ2n) is 8.07. The fourth-order valence-electron chi connectivity index (χ4n) is 4.15. The first kappa shape index (κ1) is 23.8. The van der Waals surface area contributed by atoms with Gasteiger partial charge >= 0.3 is 6.36 Å². The van der Waals surface area contributed by atoms with E-state index < -0.39 is 24.1 Å². The van der Waals surface area contributed by atoms with E-state index in [0.717, 1.165) is 22.5 Å². The highest BCUT2D eigenvalue weighted by molar-refractivity contribution is 6.31. The SMILES string of the molecule is Cc1c(Cl)cccc1-c1noc(C2CCCN2C(=O)c2cc(OC(F)(F)F)ccc2-n2nccn2)n1. The van der Waals surface area contributed by atoms with Gasteiger partial charge in [0.15, 0.2) is 0 Å². The molecule has 0 aliphatic carbocycles. The smallest absolute Gasteiger partial charge is 0.406 e. The van der Waals surface area contributed by atoms with Gasteiger partial charge in [0.05, 0.1) is 23.6 Å². The van der Waals surface area contributed by atoms with Gasteiger partial charge in [-0.2, -0.15) is 20.0 Å². The number of aromatic nitrogens is 5. The molecule has 0 spiro atoms. The van der Waals surface area contributed by atoms with Gasteiger partial charge in [0.1, 0.15) is 11.8 Å². The minimum atomic E-state index is -4.92. The Morgan fingerprint density at radius 1 is 1.19 bits per heavy atom. The number of halogens is 4. The molecule has 36 heavy (non-hydrogen) atoms. The number of hydrogen-bond acceptors (Lipinski definition) is 7. The summed E-state index contributed by atoms with van der Waals surface area (Å²) in [6.45, 7) is 2.17. The molecule has 2 aromatic carbocycles. The van der Waals surface area contributed by atoms with Crippen LogP contribution in [0.2, 0.25) is 5.02 Å². The number of carbonyl (C=O) groups excluding carboxylic acids is 1. The van der Waals surface area contributed by atoms with Gasteiger partial charge in [-0.1, -0.05) is 28.9 Å². The third-order valence-electron chi connectivity index (χ3n) is 5.82. The molecule has 0 saturated carbocycles. The summed E-state index contributed by atoms with van der Waals surface area (Å²) in [7, 11) is 0. The summed E-state index contributed by atoms with van der Waals surface area (Å²) >= 11 is 6.21. The van der Waals surface area contributed by atoms with Crippen LogP contribution in [0.1, 0.15) is 40.7 Å². The molecule has 9 nitrogen and oxygen atoms in total. The monoisotopic (exact) mass is 518 g/mol. The van der Waals surface area contributed by atoms with Crippen LogP contribution in [0.15, 0.2) is 53.3 Å². The Labute approximate surface area is 207 Å². The summed E-state index contributed by atoms with van der Waals surface area (Å²) in [5, 5.41) is 12.6. The number of alkyl halides is 3. The first-order valence-corrected chi connectivity index (χ1v) is 11.3. The van der Waals surface area contributed by atoms with E-state index in [1.54, 1.807) is 12.1 Å². The average molecular weight is 519 g/mol. The molecule has 186 valence electrons. The second-order valence-corrected chi connectivity index (χ2v) is 8.48. The van der Waals surface area contributed by atoms with E-state index >= 15 is 0 Å². The molecular weight excluding hydrogens is 501 g/mol. The van der Waals surface area contributed by atoms with Crippen molar-refractivity contribution in [2.24, 2.45) is 0 Å². The van der Waals surface area contributed by atoms with Crippen molar-refractivity contribution in [2.75, 3.05) is 6.54 Å². The highest BCUT2D eigenvalue weighted by atomic mass is 35.5. The lowest BCUT2D eigenvalue weighted by Gasteiger charge is -2.23. The van der Waals surface area contributed by atoms with Crippen molar-refractivity contribution in [3.8, 4) is 22.8 Å². The van der Waals surface area contributed by atoms with Crippen LogP contribution in [0.3, 0.4) is 0 Å². The molecule has 2 aromatic heterocycles. The zero-order valence-corrected chi connectivity index (χ0v) is 19.5. The molecule has 4 aromatic rings. The van der Waals surface area contributed by atoms with Crippen molar-refractivity contribution in [3.63, 3.8) is 0 Å². The fraction of sp³-hybridized carbons (Fsp3) is 0.261. The lowest BCUT2D eigenvalue weighted by molar-refractivity contribution is -0.274. The van der Waals surface area contributed by atoms with Crippen LogP contribution in [0.4, 0.5) is 13.2 Å². The van der Waals surface area contributed by atoms with Crippen molar-refractivity contribution in [1.29, 1.82) is 0 Å². The maximum absolute atomic E-state index is 13.7. The number of benzene rings is 2. The summed E-state index contributed by atoms with van der Waals surface area (Å²) in [6, 6.07) is 8.19. The topological polar surface area (TPSA) is 99.2 Å². The Balaban J connectivity index is 1.49. The Morgan fingerprint density at radius 2 is 1.97 bits per heavy atom. The van der Waals surface area contributed by atoms with Crippen LogP contribution in [-0.4, -0.2) is 48.8 Å². The Hall–Kier alpha value is -3.93. The Bertz CT molecular complexity index is 1410. The molecule has 1 saturated heterocycles. The largest absolute Gasteiger partial charge is 0.573 e. The maximum Gasteiger partial charge on any atom is 0.573 e. The summed E-state index contributed by atoms with van der Waals surface area (Å²) in [5.74, 6) is -0.534. The predicted molar refractivity (Wildman–Crippen MR) is 121 cm³/mol. The fourth-order valence-corrected chi connectivity index (χ4v) is 4.32. The van der Waals surface area contributed by atoms with E-state index in [-0.39, 0.29) is 17.1 Å². The molecule has 0 N–H and O–H groups in total. The number of amides is 1. The Morgan fingerprint density at radius 3 is 2.72 bits per heavy atom. The van der Waals surface area contributed by atoms with Gasteiger partial charge in [0.25, 0.3) is 5.91 Å². The first-order valence-electron chi connectivity index (χ1n) is 10.9. The van der Waals surface area contributed by atoms with Crippen molar-refractivity contribution in [3.05, 3.63) is 70.8 Å². The van der Waals surface area contributed by atoms with Crippen LogP contribution in [0.5, 0.6) is 5.75 Å². The second kappa shape index (κ2) is 9.26. The van der Waals surface area contributed by atoms with Crippen molar-refractivity contribution in [2.45, 2.75) is 32.2 Å². The summed E-state index contributed by atoms with van der Waals surface area (Å²) in [4.78, 5) is 20.8. The van der Waals surface area contributed by atoms with Gasteiger partial charge in [-0.15, -0.1) is 13.2 Å². The van der Waals surface area contributed by atoms with Crippen LogP contribution >= 0.6 is 11.6 Å². The van der Waals surface area contributed by atoms with E-state index in [4.69, 9.17) is 16.1 Å². The van der Waals surface area contributed by atoms with Crippen LogP contribution < -0.4 is 4.74 Å². The van der Waals surface area contributed by atoms with Gasteiger partial charge in [-0.25, -0.2) is 0 Å². The molecule has 0 bridgehead atoms. The van der Waals surface area contributed by atoms with Gasteiger partial charge < -0.3 is 14.2 Å². The quantitative estimate of drug-likeness (QED) is 0.360. The van der Waals surface area contributed by atoms with Gasteiger partial charge in [0.2, 0.25) is 11.7 Å². The molecule has 5 rings (SSSR count). The molecule has 1 aliphatic rings. The zero-order chi connectivity index (χ0) is 25.4. The predicted octanol–water partition coefficient (Wildman–Crippen LogP) is 5.16. The highest BCUT2D eigenvalue weighted by Crippen LogP contribution is 2.36. The molecule has 1 aliphatic heterocycles. The van der Waals surface area contributed by atoms with E-state index in [0.29, 0.717) is 35.8 Å². The number of nitrogens with zero attached hydrogens (tertiary/aromatic N) is 6. The third-order valence-corrected chi connectivity index (χ3v) is 6.22. The maximum atomic E-state index is 13.7. The highest BCUT2D eigenvalue weighted by Gasteiger charge is 2.37. The van der Waals surface area contributed by atoms with Crippen LogP contribution in [-0.2, 0) is 0 Å². The van der Waals surface area contributed by atoms with Crippen molar-refractivity contribution < 1.29 is 27.2 Å². The first-order chi connectivity index (χ1) is 17.2. The van der Waals surface area contributed by atoms with Gasteiger partial charge in [-0.05, 0) is 49.6 Å². The summed E-state index contributed by atoms with van der Waals surface area (Å²) < 4.78 is 48.1. The van der Waals surface area contributed by atoms with Crippen molar-refractivity contribution >= 4 is 17.5 Å². The third kappa shape index (κ3) is 4.63. The Kier molecular flexibility index (Phi) is 6.12. The number of rotatable bonds is 5. The normalized spacial score (nSPS) is 15.9. The minimum absolute atomic E-state index is 0.0646. The molecule has 3 heterocycles. The van der Waals surface area contributed by atoms with E-state index in [1.807, 2.05) is 13.0 Å². The van der Waals surface area contributed by atoms with Crippen LogP contribution in [0, 0.1) is 6.92 Å². The lowest BCUT2D eigenvalue weighted by atomic mass is 10.1. The molecule has 0 radical (unpaired) electrons. The van der Waals surface area contributed by atoms with Gasteiger partial charge in [-0.3, -0.25) is 4.79 Å². The number of likely N-dealkylation sites (tertiary alicyclic amines) is 1. The summed E-state index contributed by atoms with van der Waals surface area (Å²) in [5.41, 5.74) is 1.61. The van der Waals surface area contributed by atoms with Crippen LogP contribution in [0.25, 0.3) is 17.1 Å².